The summed E-state index contributed by atoms with van der Waals surface area (Å²) in [6, 6.07) is 1.85. The van der Waals surface area contributed by atoms with Gasteiger partial charge in [0.05, 0.1) is 17.3 Å². The molecular formula is C20H24N8O2S. The van der Waals surface area contributed by atoms with Gasteiger partial charge in [-0.1, -0.05) is 0 Å². The van der Waals surface area contributed by atoms with Crippen molar-refractivity contribution >= 4 is 23.1 Å². The summed E-state index contributed by atoms with van der Waals surface area (Å²) in [5.41, 5.74) is 1.66. The zero-order chi connectivity index (χ0) is 21.4. The van der Waals surface area contributed by atoms with E-state index in [2.05, 4.69) is 29.9 Å². The first-order chi connectivity index (χ1) is 15.1. The van der Waals surface area contributed by atoms with Crippen molar-refractivity contribution in [1.29, 1.82) is 0 Å². The van der Waals surface area contributed by atoms with Crippen molar-refractivity contribution in [2.75, 3.05) is 24.6 Å². The first-order valence-corrected chi connectivity index (χ1v) is 11.3. The van der Waals surface area contributed by atoms with Crippen molar-refractivity contribution in [1.82, 2.24) is 34.8 Å². The van der Waals surface area contributed by atoms with E-state index in [0.29, 0.717) is 12.4 Å². The van der Waals surface area contributed by atoms with Gasteiger partial charge in [-0.15, -0.1) is 11.3 Å². The molecule has 5 heterocycles. The molecule has 0 aromatic carbocycles. The Balaban J connectivity index is 1.24. The molecule has 0 N–H and O–H groups in total. The molecule has 1 amide bonds. The molecule has 10 nitrogen and oxygen atoms in total. The highest BCUT2D eigenvalue weighted by atomic mass is 32.1. The van der Waals surface area contributed by atoms with Crippen LogP contribution in [0.5, 0.6) is 0 Å². The first-order valence-electron chi connectivity index (χ1n) is 10.4. The average molecular weight is 441 g/mol. The summed E-state index contributed by atoms with van der Waals surface area (Å²) in [6.45, 7) is 4.03. The number of thiazole rings is 1. The number of rotatable bonds is 4. The van der Waals surface area contributed by atoms with Crippen LogP contribution in [-0.4, -0.2) is 60.4 Å². The second-order valence-corrected chi connectivity index (χ2v) is 8.89. The van der Waals surface area contributed by atoms with Crippen LogP contribution in [0.3, 0.4) is 0 Å². The van der Waals surface area contributed by atoms with Gasteiger partial charge < -0.3 is 4.90 Å². The number of anilines is 1. The summed E-state index contributed by atoms with van der Waals surface area (Å²) in [5, 5.41) is 8.72. The van der Waals surface area contributed by atoms with E-state index in [4.69, 9.17) is 4.84 Å². The van der Waals surface area contributed by atoms with E-state index < -0.39 is 0 Å². The zero-order valence-electron chi connectivity index (χ0n) is 17.5. The normalized spacial score (nSPS) is 19.9. The van der Waals surface area contributed by atoms with Gasteiger partial charge in [0.25, 0.3) is 0 Å². The number of carbonyl (C=O) groups is 1. The highest BCUT2D eigenvalue weighted by Gasteiger charge is 2.38. The number of piperidine rings is 1. The summed E-state index contributed by atoms with van der Waals surface area (Å²) in [7, 11) is 1.84. The summed E-state index contributed by atoms with van der Waals surface area (Å²) < 4.78 is 1.69. The maximum Gasteiger partial charge on any atom is 0.250 e. The van der Waals surface area contributed by atoms with Crippen molar-refractivity contribution in [2.24, 2.45) is 13.0 Å². The van der Waals surface area contributed by atoms with Gasteiger partial charge in [-0.3, -0.25) is 9.63 Å². The van der Waals surface area contributed by atoms with E-state index in [-0.39, 0.29) is 17.9 Å². The van der Waals surface area contributed by atoms with Gasteiger partial charge in [0.15, 0.2) is 5.82 Å². The van der Waals surface area contributed by atoms with Gasteiger partial charge >= 0.3 is 0 Å². The third-order valence-electron chi connectivity index (χ3n) is 5.86. The van der Waals surface area contributed by atoms with E-state index in [1.54, 1.807) is 27.4 Å². The van der Waals surface area contributed by atoms with Crippen LogP contribution in [0.1, 0.15) is 36.0 Å². The SMILES string of the molecule is Cc1nc([C@@H]2CCON2C(=O)C2CCN(c3cc(-c4ncnn4C)ncn3)CC2)cs1. The minimum absolute atomic E-state index is 0.0587. The first kappa shape index (κ1) is 20.0. The summed E-state index contributed by atoms with van der Waals surface area (Å²) in [4.78, 5) is 38.7. The third kappa shape index (κ3) is 3.90. The lowest BCUT2D eigenvalue weighted by Crippen LogP contribution is -2.42. The van der Waals surface area contributed by atoms with Crippen LogP contribution in [0.4, 0.5) is 5.82 Å². The van der Waals surface area contributed by atoms with Crippen molar-refractivity contribution < 1.29 is 9.63 Å². The van der Waals surface area contributed by atoms with Crippen LogP contribution in [0, 0.1) is 12.8 Å². The Morgan fingerprint density at radius 3 is 2.71 bits per heavy atom. The van der Waals surface area contributed by atoms with Crippen LogP contribution in [0.25, 0.3) is 11.5 Å². The fourth-order valence-electron chi connectivity index (χ4n) is 4.19. The van der Waals surface area contributed by atoms with Crippen LogP contribution in [0.15, 0.2) is 24.1 Å². The molecule has 0 bridgehead atoms. The lowest BCUT2D eigenvalue weighted by molar-refractivity contribution is -0.182. The van der Waals surface area contributed by atoms with Crippen LogP contribution in [0.2, 0.25) is 0 Å². The topological polar surface area (TPSA) is 102 Å². The predicted octanol–water partition coefficient (Wildman–Crippen LogP) is 2.16. The zero-order valence-corrected chi connectivity index (χ0v) is 18.3. The number of aryl methyl sites for hydroxylation is 2. The average Bonchev–Trinajstić information content (AvgIpc) is 3.54. The molecule has 0 radical (unpaired) electrons. The molecule has 0 spiro atoms. The van der Waals surface area contributed by atoms with Gasteiger partial charge in [0.1, 0.15) is 30.2 Å². The number of hydrogen-bond acceptors (Lipinski definition) is 9. The predicted molar refractivity (Wildman–Crippen MR) is 114 cm³/mol. The van der Waals surface area contributed by atoms with Crippen molar-refractivity contribution in [2.45, 2.75) is 32.2 Å². The quantitative estimate of drug-likeness (QED) is 0.608. The number of aromatic nitrogens is 6. The molecule has 1 atom stereocenters. The lowest BCUT2D eigenvalue weighted by Gasteiger charge is -2.34. The van der Waals surface area contributed by atoms with Crippen molar-refractivity contribution in [3.05, 3.63) is 34.8 Å². The van der Waals surface area contributed by atoms with Crippen molar-refractivity contribution in [3.63, 3.8) is 0 Å². The van der Waals surface area contributed by atoms with Gasteiger partial charge in [0, 0.05) is 43.9 Å². The maximum atomic E-state index is 13.2. The second-order valence-electron chi connectivity index (χ2n) is 7.82. The summed E-state index contributed by atoms with van der Waals surface area (Å²) >= 11 is 1.61. The summed E-state index contributed by atoms with van der Waals surface area (Å²) in [5.74, 6) is 1.54. The molecule has 3 aromatic rings. The van der Waals surface area contributed by atoms with Crippen LogP contribution in [-0.2, 0) is 16.7 Å². The molecule has 2 saturated heterocycles. The van der Waals surface area contributed by atoms with Crippen LogP contribution < -0.4 is 4.90 Å². The van der Waals surface area contributed by atoms with E-state index in [0.717, 1.165) is 54.6 Å². The molecule has 162 valence electrons. The standard InChI is InChI=1S/C20H24N8O2S/c1-13-25-16(10-31-13)17-5-8-30-28(17)20(29)14-3-6-27(7-4-14)18-9-15(21-11-22-18)19-23-12-24-26(19)2/h9-12,14,17H,3-8H2,1-2H3/t17-/m0/s1. The number of carbonyl (C=O) groups excluding carboxylic acids is 1. The number of nitrogens with zero attached hydrogens (tertiary/aromatic N) is 8. The Hall–Kier alpha value is -2.92. The van der Waals surface area contributed by atoms with Gasteiger partial charge in [-0.2, -0.15) is 5.10 Å². The number of amides is 1. The second kappa shape index (κ2) is 8.31. The molecule has 5 rings (SSSR count). The van der Waals surface area contributed by atoms with Crippen LogP contribution >= 0.6 is 11.3 Å². The Morgan fingerprint density at radius 1 is 1.16 bits per heavy atom. The largest absolute Gasteiger partial charge is 0.356 e. The van der Waals surface area contributed by atoms with Crippen molar-refractivity contribution in [3.8, 4) is 11.5 Å². The highest BCUT2D eigenvalue weighted by molar-refractivity contribution is 7.09. The Kier molecular flexibility index (Phi) is 5.36. The smallest absolute Gasteiger partial charge is 0.250 e. The summed E-state index contributed by atoms with van der Waals surface area (Å²) in [6.07, 6.45) is 5.36. The highest BCUT2D eigenvalue weighted by Crippen LogP contribution is 2.34. The number of hydrogen-bond donors (Lipinski definition) is 0. The molecule has 0 aliphatic carbocycles. The minimum Gasteiger partial charge on any atom is -0.356 e. The maximum absolute atomic E-state index is 13.2. The van der Waals surface area contributed by atoms with E-state index in [1.807, 2.05) is 25.4 Å². The molecular weight excluding hydrogens is 416 g/mol. The molecule has 11 heteroatoms. The minimum atomic E-state index is -0.0775. The Morgan fingerprint density at radius 2 is 2.00 bits per heavy atom. The molecule has 31 heavy (non-hydrogen) atoms. The fraction of sp³-hybridized carbons (Fsp3) is 0.500. The Labute approximate surface area is 183 Å². The van der Waals surface area contributed by atoms with E-state index in [9.17, 15) is 4.79 Å². The molecule has 2 fully saturated rings. The third-order valence-corrected chi connectivity index (χ3v) is 6.65. The van der Waals surface area contributed by atoms with Gasteiger partial charge in [0.2, 0.25) is 5.91 Å². The van der Waals surface area contributed by atoms with Gasteiger partial charge in [-0.25, -0.2) is 29.7 Å². The fourth-order valence-corrected chi connectivity index (χ4v) is 4.85. The molecule has 2 aliphatic heterocycles. The van der Waals surface area contributed by atoms with Gasteiger partial charge in [-0.05, 0) is 19.8 Å². The molecule has 3 aromatic heterocycles. The lowest BCUT2D eigenvalue weighted by atomic mass is 9.95. The molecule has 0 saturated carbocycles. The number of hydroxylamine groups is 2. The molecule has 2 aliphatic rings. The monoisotopic (exact) mass is 440 g/mol. The Bertz CT molecular complexity index is 1070. The van der Waals surface area contributed by atoms with E-state index in [1.165, 1.54) is 6.33 Å². The molecule has 0 unspecified atom stereocenters. The van der Waals surface area contributed by atoms with E-state index >= 15 is 0 Å².